The van der Waals surface area contributed by atoms with Gasteiger partial charge in [0.05, 0.1) is 13.2 Å². The van der Waals surface area contributed by atoms with Crippen molar-refractivity contribution in [3.8, 4) is 0 Å². The van der Waals surface area contributed by atoms with E-state index in [1.165, 1.54) is 0 Å². The van der Waals surface area contributed by atoms with E-state index in [-0.39, 0.29) is 13.2 Å². The van der Waals surface area contributed by atoms with Gasteiger partial charge in [-0.1, -0.05) is 6.58 Å². The van der Waals surface area contributed by atoms with E-state index in [2.05, 4.69) is 15.9 Å². The highest BCUT2D eigenvalue weighted by molar-refractivity contribution is 6.37. The Morgan fingerprint density at radius 3 is 2.82 bits per heavy atom. The Morgan fingerprint density at radius 2 is 2.36 bits per heavy atom. The number of hydrogen-bond acceptors (Lipinski definition) is 5. The van der Waals surface area contributed by atoms with Crippen molar-refractivity contribution in [3.63, 3.8) is 0 Å². The molecule has 0 unspecified atom stereocenters. The van der Waals surface area contributed by atoms with Crippen molar-refractivity contribution in [2.45, 2.75) is 0 Å². The third-order valence-corrected chi connectivity index (χ3v) is 0.735. The fourth-order valence-corrected chi connectivity index (χ4v) is 0.335. The summed E-state index contributed by atoms with van der Waals surface area (Å²) in [6.07, 6.45) is 0.894. The molecule has 6 heteroatoms. The van der Waals surface area contributed by atoms with Crippen LogP contribution in [-0.2, 0) is 14.1 Å². The molecule has 0 radical (unpaired) electrons. The first-order valence-corrected chi connectivity index (χ1v) is 2.94. The minimum Gasteiger partial charge on any atom is -0.482 e. The molecule has 0 aliphatic rings. The largest absolute Gasteiger partial charge is 0.712 e. The molecule has 2 N–H and O–H groups in total. The van der Waals surface area contributed by atoms with E-state index in [4.69, 9.17) is 10.1 Å². The van der Waals surface area contributed by atoms with E-state index < -0.39 is 13.3 Å². The molecule has 0 saturated carbocycles. The van der Waals surface area contributed by atoms with Crippen LogP contribution in [-0.4, -0.2) is 36.6 Å². The van der Waals surface area contributed by atoms with Crippen LogP contribution < -0.4 is 0 Å². The van der Waals surface area contributed by atoms with Crippen LogP contribution in [0.3, 0.4) is 0 Å². The summed E-state index contributed by atoms with van der Waals surface area (Å²) >= 11 is 0. The molecule has 62 valence electrons. The molecule has 0 bridgehead atoms. The summed E-state index contributed by atoms with van der Waals surface area (Å²) in [4.78, 5) is 10.3. The maximum Gasteiger partial charge on any atom is 0.712 e. The summed E-state index contributed by atoms with van der Waals surface area (Å²) in [5.74, 6) is -0.782. The molecule has 0 atom stereocenters. The summed E-state index contributed by atoms with van der Waals surface area (Å²) in [5, 5.41) is 16.9. The zero-order chi connectivity index (χ0) is 8.69. The van der Waals surface area contributed by atoms with Crippen LogP contribution in [0.25, 0.3) is 0 Å². The van der Waals surface area contributed by atoms with Crippen LogP contribution in [0.5, 0.6) is 0 Å². The van der Waals surface area contributed by atoms with Crippen LogP contribution in [0.2, 0.25) is 0 Å². The second-order valence-corrected chi connectivity index (χ2v) is 1.54. The smallest absolute Gasteiger partial charge is 0.482 e. The second-order valence-electron chi connectivity index (χ2n) is 1.54. The van der Waals surface area contributed by atoms with Crippen molar-refractivity contribution in [3.05, 3.63) is 12.7 Å². The lowest BCUT2D eigenvalue weighted by molar-refractivity contribution is -0.131. The van der Waals surface area contributed by atoms with E-state index in [1.54, 1.807) is 0 Å². The first kappa shape index (κ1) is 10.2. The van der Waals surface area contributed by atoms with E-state index >= 15 is 0 Å². The Hall–Kier alpha value is -0.845. The highest BCUT2D eigenvalue weighted by Crippen LogP contribution is 1.86. The van der Waals surface area contributed by atoms with E-state index in [9.17, 15) is 4.79 Å². The van der Waals surface area contributed by atoms with Gasteiger partial charge in [0.2, 0.25) is 0 Å². The van der Waals surface area contributed by atoms with Crippen LogP contribution in [0.1, 0.15) is 0 Å². The number of hydrogen-bond donors (Lipinski definition) is 2. The maximum atomic E-state index is 10.3. The molecular weight excluding hydrogens is 151 g/mol. The topological polar surface area (TPSA) is 76.0 Å². The number of carbonyl (C=O) groups is 1. The Balaban J connectivity index is 3.43. The van der Waals surface area contributed by atoms with Crippen molar-refractivity contribution in [1.29, 1.82) is 0 Å². The predicted octanol–water partition coefficient (Wildman–Crippen LogP) is -1.30. The third-order valence-electron chi connectivity index (χ3n) is 0.735. The third kappa shape index (κ3) is 5.59. The molecule has 0 fully saturated rings. The number of aliphatic hydroxyl groups is 1. The second kappa shape index (κ2) is 5.90. The van der Waals surface area contributed by atoms with E-state index in [0.717, 1.165) is 6.08 Å². The van der Waals surface area contributed by atoms with Crippen LogP contribution in [0.4, 0.5) is 0 Å². The molecule has 0 aliphatic carbocycles. The van der Waals surface area contributed by atoms with Gasteiger partial charge in [0.25, 0.3) is 0 Å². The minimum absolute atomic E-state index is 0.0917. The van der Waals surface area contributed by atoms with Crippen molar-refractivity contribution < 1.29 is 24.2 Å². The highest BCUT2D eigenvalue weighted by Gasteiger charge is 2.19. The lowest BCUT2D eigenvalue weighted by Gasteiger charge is -2.04. The van der Waals surface area contributed by atoms with Crippen LogP contribution in [0.15, 0.2) is 12.7 Å². The summed E-state index contributed by atoms with van der Waals surface area (Å²) in [6.45, 7) is 2.76. The van der Waals surface area contributed by atoms with Crippen molar-refractivity contribution in [2.24, 2.45) is 0 Å². The Labute approximate surface area is 64.4 Å². The van der Waals surface area contributed by atoms with Gasteiger partial charge in [-0.15, -0.1) is 0 Å². The van der Waals surface area contributed by atoms with Gasteiger partial charge in [-0.05, 0) is 0 Å². The van der Waals surface area contributed by atoms with Gasteiger partial charge in [0.1, 0.15) is 0 Å². The fourth-order valence-electron chi connectivity index (χ4n) is 0.335. The zero-order valence-corrected chi connectivity index (χ0v) is 5.90. The zero-order valence-electron chi connectivity index (χ0n) is 5.90. The van der Waals surface area contributed by atoms with Gasteiger partial charge in [-0.2, -0.15) is 0 Å². The molecule has 0 spiro atoms. The molecule has 0 amide bonds. The minimum atomic E-state index is -1.63. The van der Waals surface area contributed by atoms with Gasteiger partial charge in [-0.25, -0.2) is 4.79 Å². The van der Waals surface area contributed by atoms with E-state index in [1.807, 2.05) is 0 Å². The lowest BCUT2D eigenvalue weighted by Crippen LogP contribution is -2.26. The highest BCUT2D eigenvalue weighted by atomic mass is 16.7. The normalized spacial score (nSPS) is 8.91. The lowest BCUT2D eigenvalue weighted by atomic mass is 10.2. The van der Waals surface area contributed by atoms with Gasteiger partial charge in [-0.3, -0.25) is 0 Å². The number of aliphatic hydroxyl groups excluding tert-OH is 1. The molecule has 0 heterocycles. The van der Waals surface area contributed by atoms with Crippen molar-refractivity contribution >= 4 is 13.3 Å². The SMILES string of the molecule is C=CC(=O)OB(O)OCCO. The molecule has 0 aromatic rings. The molecule has 0 aromatic heterocycles. The number of rotatable bonds is 5. The summed E-state index contributed by atoms with van der Waals surface area (Å²) in [7, 11) is -1.63. The molecule has 0 aromatic carbocycles. The quantitative estimate of drug-likeness (QED) is 0.386. The first-order valence-electron chi connectivity index (χ1n) is 2.94. The Morgan fingerprint density at radius 1 is 1.73 bits per heavy atom. The molecular formula is C5H9BO5. The van der Waals surface area contributed by atoms with Gasteiger partial charge < -0.3 is 19.4 Å². The Bertz CT molecular complexity index is 137. The van der Waals surface area contributed by atoms with Gasteiger partial charge >= 0.3 is 13.3 Å². The van der Waals surface area contributed by atoms with Crippen LogP contribution in [0, 0.1) is 0 Å². The Kier molecular flexibility index (Phi) is 5.45. The molecule has 11 heavy (non-hydrogen) atoms. The van der Waals surface area contributed by atoms with Gasteiger partial charge in [0.15, 0.2) is 0 Å². The van der Waals surface area contributed by atoms with Crippen molar-refractivity contribution in [2.75, 3.05) is 13.2 Å². The average Bonchev–Trinajstić information content (AvgIpc) is 2.00. The molecule has 0 aliphatic heterocycles. The fraction of sp³-hybridized carbons (Fsp3) is 0.400. The predicted molar refractivity (Wildman–Crippen MR) is 37.3 cm³/mol. The summed E-state index contributed by atoms with van der Waals surface area (Å²) < 4.78 is 8.55. The monoisotopic (exact) mass is 160 g/mol. The summed E-state index contributed by atoms with van der Waals surface area (Å²) in [5.41, 5.74) is 0. The van der Waals surface area contributed by atoms with E-state index in [0.29, 0.717) is 0 Å². The maximum absolute atomic E-state index is 10.3. The van der Waals surface area contributed by atoms with Crippen LogP contribution >= 0.6 is 0 Å². The molecule has 5 nitrogen and oxygen atoms in total. The molecule has 0 saturated heterocycles. The van der Waals surface area contributed by atoms with Crippen molar-refractivity contribution in [1.82, 2.24) is 0 Å². The average molecular weight is 160 g/mol. The molecule has 0 rings (SSSR count). The summed E-state index contributed by atoms with van der Waals surface area (Å²) in [6, 6.07) is 0. The standard InChI is InChI=1S/C5H9BO5/c1-2-5(8)11-6(9)10-4-3-7/h2,7,9H,1,3-4H2. The number of carbonyl (C=O) groups excluding carboxylic acids is 1. The van der Waals surface area contributed by atoms with Gasteiger partial charge in [0, 0.05) is 6.08 Å². The first-order chi connectivity index (χ1) is 5.20.